The number of benzene rings is 1. The van der Waals surface area contributed by atoms with Crippen molar-refractivity contribution >= 4 is 23.4 Å². The number of nitrogens with zero attached hydrogens (tertiary/aromatic N) is 4. The van der Waals surface area contributed by atoms with Gasteiger partial charge in [-0.1, -0.05) is 11.6 Å². The molecule has 0 amide bonds. The van der Waals surface area contributed by atoms with Crippen LogP contribution in [0.25, 0.3) is 0 Å². The molecular formula is C20H25ClN4O4. The van der Waals surface area contributed by atoms with Gasteiger partial charge in [0.15, 0.2) is 0 Å². The van der Waals surface area contributed by atoms with Crippen molar-refractivity contribution in [3.8, 4) is 0 Å². The quantitative estimate of drug-likeness (QED) is 0.514. The molecule has 0 bridgehead atoms. The molecular weight excluding hydrogens is 396 g/mol. The van der Waals surface area contributed by atoms with Crippen molar-refractivity contribution in [1.82, 2.24) is 14.0 Å². The van der Waals surface area contributed by atoms with Crippen LogP contribution in [0.2, 0.25) is 5.02 Å². The number of carbonyl (C=O) groups is 1. The molecule has 1 aliphatic rings. The molecule has 0 spiro atoms. The van der Waals surface area contributed by atoms with E-state index >= 15 is 0 Å². The Bertz CT molecular complexity index is 975. The van der Waals surface area contributed by atoms with Crippen molar-refractivity contribution < 1.29 is 9.53 Å². The van der Waals surface area contributed by atoms with Gasteiger partial charge in [-0.25, -0.2) is 9.59 Å². The van der Waals surface area contributed by atoms with E-state index in [1.54, 1.807) is 31.3 Å². The second kappa shape index (κ2) is 9.28. The van der Waals surface area contributed by atoms with E-state index in [-0.39, 0.29) is 17.2 Å². The fraction of sp³-hybridized carbons (Fsp3) is 0.450. The summed E-state index contributed by atoms with van der Waals surface area (Å²) >= 11 is 5.82. The van der Waals surface area contributed by atoms with Gasteiger partial charge in [-0.15, -0.1) is 0 Å². The van der Waals surface area contributed by atoms with Crippen molar-refractivity contribution in [2.45, 2.75) is 6.42 Å². The van der Waals surface area contributed by atoms with Gasteiger partial charge in [-0.2, -0.15) is 0 Å². The van der Waals surface area contributed by atoms with Crippen LogP contribution in [-0.2, 0) is 18.8 Å². The Balaban J connectivity index is 1.44. The summed E-state index contributed by atoms with van der Waals surface area (Å²) in [7, 11) is 3.16. The summed E-state index contributed by atoms with van der Waals surface area (Å²) in [5.74, 6) is 0.299. The highest BCUT2D eigenvalue weighted by molar-refractivity contribution is 6.30. The number of anilines is 1. The van der Waals surface area contributed by atoms with Gasteiger partial charge in [0.1, 0.15) is 5.82 Å². The molecule has 0 aliphatic carbocycles. The third-order valence-corrected chi connectivity index (χ3v) is 5.38. The summed E-state index contributed by atoms with van der Waals surface area (Å²) in [5, 5.41) is 0.580. The van der Waals surface area contributed by atoms with Crippen LogP contribution in [0.5, 0.6) is 0 Å². The van der Waals surface area contributed by atoms with Gasteiger partial charge >= 0.3 is 11.7 Å². The van der Waals surface area contributed by atoms with E-state index in [2.05, 4.69) is 9.80 Å². The molecule has 156 valence electrons. The third kappa shape index (κ3) is 5.07. The SMILES string of the molecule is Cn1c(N2CCN(CCCOC(=O)c3ccc(Cl)cc3)CC2)cc(=O)n(C)c1=O. The van der Waals surface area contributed by atoms with Crippen LogP contribution in [-0.4, -0.2) is 59.3 Å². The standard InChI is InChI=1S/C20H25ClN4O4/c1-22-17(14-18(26)23(2)20(22)28)25-11-9-24(10-12-25)8-3-13-29-19(27)15-4-6-16(21)7-5-15/h4-7,14H,3,8-13H2,1-2H3. The first-order valence-corrected chi connectivity index (χ1v) is 9.91. The van der Waals surface area contributed by atoms with Gasteiger partial charge in [0.05, 0.1) is 12.2 Å². The first-order valence-electron chi connectivity index (χ1n) is 9.54. The van der Waals surface area contributed by atoms with Gasteiger partial charge in [-0.3, -0.25) is 18.8 Å². The average molecular weight is 421 g/mol. The summed E-state index contributed by atoms with van der Waals surface area (Å²) in [6.45, 7) is 4.25. The Labute approximate surface area is 173 Å². The Morgan fingerprint density at radius 3 is 2.34 bits per heavy atom. The molecule has 0 atom stereocenters. The summed E-state index contributed by atoms with van der Waals surface area (Å²) in [6.07, 6.45) is 0.740. The molecule has 1 aromatic heterocycles. The van der Waals surface area contributed by atoms with Crippen molar-refractivity contribution in [3.63, 3.8) is 0 Å². The zero-order valence-corrected chi connectivity index (χ0v) is 17.4. The average Bonchev–Trinajstić information content (AvgIpc) is 2.73. The van der Waals surface area contributed by atoms with Crippen molar-refractivity contribution in [2.75, 3.05) is 44.2 Å². The lowest BCUT2D eigenvalue weighted by Crippen LogP contribution is -2.49. The van der Waals surface area contributed by atoms with Gasteiger partial charge in [0.25, 0.3) is 5.56 Å². The molecule has 2 heterocycles. The zero-order chi connectivity index (χ0) is 21.0. The lowest BCUT2D eigenvalue weighted by Gasteiger charge is -2.36. The second-order valence-electron chi connectivity index (χ2n) is 7.07. The number of hydrogen-bond acceptors (Lipinski definition) is 6. The monoisotopic (exact) mass is 420 g/mol. The normalized spacial score (nSPS) is 14.8. The van der Waals surface area contributed by atoms with E-state index < -0.39 is 0 Å². The lowest BCUT2D eigenvalue weighted by molar-refractivity contribution is 0.0487. The van der Waals surface area contributed by atoms with Gasteiger partial charge in [0.2, 0.25) is 0 Å². The number of halogens is 1. The van der Waals surface area contributed by atoms with E-state index in [9.17, 15) is 14.4 Å². The maximum Gasteiger partial charge on any atom is 0.338 e. The van der Waals surface area contributed by atoms with E-state index in [0.717, 1.165) is 43.7 Å². The number of aromatic nitrogens is 2. The lowest BCUT2D eigenvalue weighted by atomic mass is 10.2. The predicted octanol–water partition coefficient (Wildman–Crippen LogP) is 1.11. The molecule has 2 aromatic rings. The van der Waals surface area contributed by atoms with Crippen molar-refractivity contribution in [1.29, 1.82) is 0 Å². The fourth-order valence-electron chi connectivity index (χ4n) is 3.35. The Kier molecular flexibility index (Phi) is 6.76. The molecule has 0 saturated carbocycles. The molecule has 1 aromatic carbocycles. The van der Waals surface area contributed by atoms with Gasteiger partial charge < -0.3 is 9.64 Å². The topological polar surface area (TPSA) is 76.8 Å². The van der Waals surface area contributed by atoms with Gasteiger partial charge in [0, 0.05) is 57.9 Å². The second-order valence-corrected chi connectivity index (χ2v) is 7.50. The number of hydrogen-bond donors (Lipinski definition) is 0. The van der Waals surface area contributed by atoms with Crippen LogP contribution in [0.15, 0.2) is 39.9 Å². The molecule has 0 N–H and O–H groups in total. The minimum Gasteiger partial charge on any atom is -0.462 e. The van der Waals surface area contributed by atoms with Crippen LogP contribution in [0, 0.1) is 0 Å². The van der Waals surface area contributed by atoms with Crippen LogP contribution < -0.4 is 16.1 Å². The summed E-state index contributed by atoms with van der Waals surface area (Å²) in [4.78, 5) is 40.4. The highest BCUT2D eigenvalue weighted by Gasteiger charge is 2.20. The highest BCUT2D eigenvalue weighted by Crippen LogP contribution is 2.13. The minimum absolute atomic E-state index is 0.298. The number of rotatable bonds is 6. The molecule has 9 heteroatoms. The Hall–Kier alpha value is -2.58. The fourth-order valence-corrected chi connectivity index (χ4v) is 3.47. The minimum atomic E-state index is -0.349. The van der Waals surface area contributed by atoms with E-state index in [1.165, 1.54) is 17.7 Å². The zero-order valence-electron chi connectivity index (χ0n) is 16.6. The maximum absolute atomic E-state index is 12.1. The van der Waals surface area contributed by atoms with Crippen LogP contribution in [0.4, 0.5) is 5.82 Å². The van der Waals surface area contributed by atoms with Crippen molar-refractivity contribution in [3.05, 3.63) is 61.8 Å². The van der Waals surface area contributed by atoms with Crippen LogP contribution >= 0.6 is 11.6 Å². The maximum atomic E-state index is 12.1. The number of esters is 1. The summed E-state index contributed by atoms with van der Waals surface area (Å²) < 4.78 is 7.92. The molecule has 29 heavy (non-hydrogen) atoms. The largest absolute Gasteiger partial charge is 0.462 e. The van der Waals surface area contributed by atoms with E-state index in [1.807, 2.05) is 0 Å². The summed E-state index contributed by atoms with van der Waals surface area (Å²) in [6, 6.07) is 8.13. The Morgan fingerprint density at radius 2 is 1.69 bits per heavy atom. The molecule has 0 unspecified atom stereocenters. The molecule has 0 radical (unpaired) electrons. The molecule has 1 saturated heterocycles. The number of ether oxygens (including phenoxy) is 1. The van der Waals surface area contributed by atoms with Crippen LogP contribution in [0.1, 0.15) is 16.8 Å². The Morgan fingerprint density at radius 1 is 1.03 bits per heavy atom. The smallest absolute Gasteiger partial charge is 0.338 e. The molecule has 1 fully saturated rings. The number of carbonyl (C=O) groups excluding carboxylic acids is 1. The molecule has 1 aliphatic heterocycles. The highest BCUT2D eigenvalue weighted by atomic mass is 35.5. The molecule has 3 rings (SSSR count). The first-order chi connectivity index (χ1) is 13.9. The van der Waals surface area contributed by atoms with E-state index in [4.69, 9.17) is 16.3 Å². The van der Waals surface area contributed by atoms with Gasteiger partial charge in [-0.05, 0) is 30.7 Å². The first kappa shape index (κ1) is 21.1. The summed E-state index contributed by atoms with van der Waals surface area (Å²) in [5.41, 5.74) is -0.131. The van der Waals surface area contributed by atoms with Crippen molar-refractivity contribution in [2.24, 2.45) is 14.1 Å². The third-order valence-electron chi connectivity index (χ3n) is 5.13. The van der Waals surface area contributed by atoms with E-state index in [0.29, 0.717) is 23.0 Å². The molecule has 8 nitrogen and oxygen atoms in total. The predicted molar refractivity (Wildman–Crippen MR) is 112 cm³/mol. The number of piperazine rings is 1. The van der Waals surface area contributed by atoms with Crippen LogP contribution in [0.3, 0.4) is 0 Å².